The van der Waals surface area contributed by atoms with E-state index in [2.05, 4.69) is 92.8 Å². The Balaban J connectivity index is 1.48. The minimum Gasteiger partial charge on any atom is -0.494 e. The number of methoxy groups -OCH3 is 1. The number of benzene rings is 2. The molecule has 236 valence electrons. The Morgan fingerprint density at radius 2 is 1.84 bits per heavy atom. The maximum Gasteiger partial charge on any atom is 0.229 e. The third kappa shape index (κ3) is 6.84. The first-order valence-corrected chi connectivity index (χ1v) is 16.5. The van der Waals surface area contributed by atoms with Gasteiger partial charge in [-0.15, -0.1) is 0 Å². The molecule has 45 heavy (non-hydrogen) atoms. The van der Waals surface area contributed by atoms with Crippen LogP contribution >= 0.6 is 11.9 Å². The number of aryl methyl sites for hydroxylation is 1. The third-order valence-corrected chi connectivity index (χ3v) is 9.22. The van der Waals surface area contributed by atoms with Gasteiger partial charge in [-0.1, -0.05) is 18.9 Å². The van der Waals surface area contributed by atoms with E-state index in [1.165, 1.54) is 17.4 Å². The lowest BCUT2D eigenvalue weighted by Gasteiger charge is -2.37. The van der Waals surface area contributed by atoms with Gasteiger partial charge in [0.15, 0.2) is 5.82 Å². The number of nitrogens with zero attached hydrogens (tertiary/aromatic N) is 8. The lowest BCUT2D eigenvalue weighted by molar-refractivity contribution is 0.249. The summed E-state index contributed by atoms with van der Waals surface area (Å²) in [5.41, 5.74) is 6.71. The van der Waals surface area contributed by atoms with Crippen LogP contribution in [0.15, 0.2) is 42.9 Å². The molecular formula is C33H42N10OS. The molecule has 0 amide bonds. The van der Waals surface area contributed by atoms with Gasteiger partial charge >= 0.3 is 0 Å². The second-order valence-corrected chi connectivity index (χ2v) is 12.3. The molecule has 1 aliphatic rings. The summed E-state index contributed by atoms with van der Waals surface area (Å²) in [5.74, 6) is 1.45. The molecule has 1 fully saturated rings. The lowest BCUT2D eigenvalue weighted by atomic mass is 10.0. The van der Waals surface area contributed by atoms with E-state index in [-0.39, 0.29) is 6.04 Å². The van der Waals surface area contributed by atoms with Crippen molar-refractivity contribution in [3.8, 4) is 11.8 Å². The molecule has 0 saturated carbocycles. The molecule has 0 bridgehead atoms. The Hall–Kier alpha value is -4.34. The summed E-state index contributed by atoms with van der Waals surface area (Å²) in [6, 6.07) is 11.1. The van der Waals surface area contributed by atoms with Gasteiger partial charge < -0.3 is 29.5 Å². The average molecular weight is 627 g/mol. The first-order chi connectivity index (χ1) is 21.8. The summed E-state index contributed by atoms with van der Waals surface area (Å²) in [6.45, 7) is 8.43. The minimum absolute atomic E-state index is 0.175. The summed E-state index contributed by atoms with van der Waals surface area (Å²) >= 11 is 1.60. The minimum atomic E-state index is 0.175. The topological polar surface area (TPSA) is 118 Å². The van der Waals surface area contributed by atoms with E-state index >= 15 is 0 Å². The highest BCUT2D eigenvalue weighted by molar-refractivity contribution is 8.00. The molecular weight excluding hydrogens is 584 g/mol. The molecule has 0 spiro atoms. The molecule has 1 saturated heterocycles. The highest BCUT2D eigenvalue weighted by atomic mass is 32.2. The largest absolute Gasteiger partial charge is 0.494 e. The Kier molecular flexibility index (Phi) is 10.1. The maximum absolute atomic E-state index is 9.96. The first-order valence-electron chi connectivity index (χ1n) is 15.3. The predicted molar refractivity (Wildman–Crippen MR) is 185 cm³/mol. The first kappa shape index (κ1) is 32.1. The van der Waals surface area contributed by atoms with E-state index in [1.54, 1.807) is 31.5 Å². The third-order valence-electron chi connectivity index (χ3n) is 8.23. The molecule has 0 atom stereocenters. The van der Waals surface area contributed by atoms with E-state index in [4.69, 9.17) is 9.72 Å². The van der Waals surface area contributed by atoms with Crippen molar-refractivity contribution in [2.45, 2.75) is 52.1 Å². The molecule has 0 unspecified atom stereocenters. The summed E-state index contributed by atoms with van der Waals surface area (Å²) in [5, 5.41) is 16.7. The van der Waals surface area contributed by atoms with Crippen molar-refractivity contribution in [2.75, 3.05) is 60.4 Å². The monoisotopic (exact) mass is 626 g/mol. The van der Waals surface area contributed by atoms with Crippen LogP contribution in [0.3, 0.4) is 0 Å². The molecule has 2 aromatic heterocycles. The number of hydrogen-bond acceptors (Lipinski definition) is 12. The van der Waals surface area contributed by atoms with Crippen LogP contribution in [0, 0.1) is 11.3 Å². The van der Waals surface area contributed by atoms with Crippen LogP contribution in [0.4, 0.5) is 34.5 Å². The van der Waals surface area contributed by atoms with Crippen LogP contribution in [0.2, 0.25) is 0 Å². The molecule has 3 heterocycles. The Labute approximate surface area is 270 Å². The fraction of sp³-hybridized carbons (Fsp3) is 0.424. The smallest absolute Gasteiger partial charge is 0.229 e. The van der Waals surface area contributed by atoms with Crippen LogP contribution < -0.4 is 24.6 Å². The number of nitriles is 1. The van der Waals surface area contributed by atoms with E-state index in [9.17, 15) is 5.26 Å². The van der Waals surface area contributed by atoms with Crippen molar-refractivity contribution < 1.29 is 4.74 Å². The number of nitrogens with one attached hydrogen (secondary N) is 2. The van der Waals surface area contributed by atoms with E-state index in [0.29, 0.717) is 29.1 Å². The van der Waals surface area contributed by atoms with Gasteiger partial charge in [0.05, 0.1) is 35.9 Å². The van der Waals surface area contributed by atoms with E-state index in [0.717, 1.165) is 60.4 Å². The Morgan fingerprint density at radius 3 is 2.49 bits per heavy atom. The highest BCUT2D eigenvalue weighted by Crippen LogP contribution is 2.40. The molecule has 0 radical (unpaired) electrons. The highest BCUT2D eigenvalue weighted by Gasteiger charge is 2.24. The summed E-state index contributed by atoms with van der Waals surface area (Å²) in [7, 11) is 6.00. The van der Waals surface area contributed by atoms with Crippen LogP contribution in [0.5, 0.6) is 5.75 Å². The second kappa shape index (κ2) is 14.2. The van der Waals surface area contributed by atoms with Crippen molar-refractivity contribution in [2.24, 2.45) is 0 Å². The standard InChI is InChI=1S/C33H42N10OS/c1-8-22-17-27(29(44-6)18-28(22)42-15-11-24(12-16-42)41(4)5)39-33-37-20-23(19-34)32(40-33)38-26-10-9-25-30(36-14-13-35-25)31(26)43(45-7)21(2)3/h9-10,13-14,17-18,20-21,24H,8,11-12,15-16H2,1-7H3,(H2,37,38,39,40). The fourth-order valence-corrected chi connectivity index (χ4v) is 6.64. The van der Waals surface area contributed by atoms with Gasteiger partial charge in [0.1, 0.15) is 22.9 Å². The predicted octanol–water partition coefficient (Wildman–Crippen LogP) is 6.37. The van der Waals surface area contributed by atoms with Crippen LogP contribution in [-0.2, 0) is 6.42 Å². The van der Waals surface area contributed by atoms with Gasteiger partial charge in [-0.2, -0.15) is 10.2 Å². The number of fused-ring (bicyclic) bond motifs is 1. The molecule has 0 aliphatic carbocycles. The van der Waals surface area contributed by atoms with Gasteiger partial charge in [-0.25, -0.2) is 4.98 Å². The molecule has 2 aromatic carbocycles. The molecule has 11 nitrogen and oxygen atoms in total. The van der Waals surface area contributed by atoms with Crippen LogP contribution in [0.1, 0.15) is 44.7 Å². The summed E-state index contributed by atoms with van der Waals surface area (Å²) < 4.78 is 8.03. The Bertz CT molecular complexity index is 1680. The zero-order valence-corrected chi connectivity index (χ0v) is 27.9. The average Bonchev–Trinajstić information content (AvgIpc) is 3.05. The van der Waals surface area contributed by atoms with Crippen molar-refractivity contribution >= 4 is 57.5 Å². The number of rotatable bonds is 11. The normalized spacial score (nSPS) is 13.7. The van der Waals surface area contributed by atoms with Crippen LogP contribution in [-0.4, -0.2) is 77.5 Å². The van der Waals surface area contributed by atoms with Crippen molar-refractivity contribution in [1.29, 1.82) is 5.26 Å². The molecule has 2 N–H and O–H groups in total. The Morgan fingerprint density at radius 1 is 1.09 bits per heavy atom. The maximum atomic E-state index is 9.96. The molecule has 5 rings (SSSR count). The second-order valence-electron chi connectivity index (χ2n) is 11.5. The van der Waals surface area contributed by atoms with Crippen LogP contribution in [0.25, 0.3) is 11.0 Å². The van der Waals surface area contributed by atoms with E-state index < -0.39 is 0 Å². The van der Waals surface area contributed by atoms with Crippen molar-refractivity contribution in [1.82, 2.24) is 24.8 Å². The number of ether oxygens (including phenoxy) is 1. The summed E-state index contributed by atoms with van der Waals surface area (Å²) in [4.78, 5) is 23.2. The quantitative estimate of drug-likeness (QED) is 0.180. The van der Waals surface area contributed by atoms with Gasteiger partial charge in [-0.05, 0) is 71.0 Å². The summed E-state index contributed by atoms with van der Waals surface area (Å²) in [6.07, 6.45) is 10.1. The molecule has 12 heteroatoms. The van der Waals surface area contributed by atoms with Gasteiger partial charge in [0, 0.05) is 55.6 Å². The lowest BCUT2D eigenvalue weighted by Crippen LogP contribution is -2.42. The number of aromatic nitrogens is 4. The zero-order chi connectivity index (χ0) is 32.1. The van der Waals surface area contributed by atoms with Gasteiger partial charge in [0.2, 0.25) is 5.95 Å². The number of hydrogen-bond donors (Lipinski definition) is 2. The zero-order valence-electron chi connectivity index (χ0n) is 27.1. The van der Waals surface area contributed by atoms with Gasteiger partial charge in [0.25, 0.3) is 0 Å². The number of piperidine rings is 1. The molecule has 1 aliphatic heterocycles. The SMILES string of the molecule is CCc1cc(Nc2ncc(C#N)c(Nc3ccc4nccnc4c3N(SC)C(C)C)n2)c(OC)cc1N1CCC(N(C)C)CC1. The van der Waals surface area contributed by atoms with E-state index in [1.807, 2.05) is 18.4 Å². The van der Waals surface area contributed by atoms with Gasteiger partial charge in [-0.3, -0.25) is 9.97 Å². The van der Waals surface area contributed by atoms with Crippen molar-refractivity contribution in [3.05, 3.63) is 54.0 Å². The fourth-order valence-electron chi connectivity index (χ4n) is 5.85. The number of anilines is 6. The molecule has 4 aromatic rings. The van der Waals surface area contributed by atoms with Crippen molar-refractivity contribution in [3.63, 3.8) is 0 Å².